The third-order valence-electron chi connectivity index (χ3n) is 4.88. The number of rotatable bonds is 3. The van der Waals surface area contributed by atoms with Gasteiger partial charge in [-0.3, -0.25) is 9.88 Å². The number of aromatic nitrogens is 1. The van der Waals surface area contributed by atoms with Crippen LogP contribution in [0.1, 0.15) is 42.5 Å². The quantitative estimate of drug-likeness (QED) is 0.856. The first-order chi connectivity index (χ1) is 10.0. The van der Waals surface area contributed by atoms with Gasteiger partial charge in [0.25, 0.3) is 0 Å². The maximum atomic E-state index is 11.6. The Morgan fingerprint density at radius 3 is 2.67 bits per heavy atom. The van der Waals surface area contributed by atoms with E-state index in [1.54, 1.807) is 0 Å². The molecule has 5 heteroatoms. The number of nitrogens with zero attached hydrogens (tertiary/aromatic N) is 2. The van der Waals surface area contributed by atoms with Gasteiger partial charge in [0.15, 0.2) is 0 Å². The summed E-state index contributed by atoms with van der Waals surface area (Å²) in [5.74, 6) is 0. The van der Waals surface area contributed by atoms with E-state index in [0.29, 0.717) is 0 Å². The van der Waals surface area contributed by atoms with Crippen molar-refractivity contribution < 1.29 is 8.42 Å². The summed E-state index contributed by atoms with van der Waals surface area (Å²) in [7, 11) is -2.88. The number of hydrogen-bond donors (Lipinski definition) is 0. The lowest BCUT2D eigenvalue weighted by Crippen LogP contribution is -2.39. The molecule has 0 atom stereocenters. The van der Waals surface area contributed by atoms with Gasteiger partial charge in [0, 0.05) is 19.0 Å². The molecule has 0 saturated carbocycles. The van der Waals surface area contributed by atoms with E-state index in [2.05, 4.69) is 16.0 Å². The number of hydrogen-bond acceptors (Lipinski definition) is 4. The summed E-state index contributed by atoms with van der Waals surface area (Å²) in [6, 6.07) is 2.16. The van der Waals surface area contributed by atoms with Crippen LogP contribution < -0.4 is 0 Å². The van der Waals surface area contributed by atoms with Crippen LogP contribution in [0.15, 0.2) is 12.3 Å². The third kappa shape index (κ3) is 3.46. The fraction of sp³-hybridized carbons (Fsp3) is 0.688. The maximum absolute atomic E-state index is 11.6. The Bertz CT molecular complexity index is 605. The molecule has 116 valence electrons. The Morgan fingerprint density at radius 1 is 1.24 bits per heavy atom. The second-order valence-corrected chi connectivity index (χ2v) is 8.73. The standard InChI is InChI=1S/C16H24N2O2S/c1-21(19,20)14-7-10-18(11-8-14)12-16-15-5-3-2-4-13(15)6-9-17-16/h6,9,14H,2-5,7-8,10-12H2,1H3. The zero-order chi connectivity index (χ0) is 14.9. The van der Waals surface area contributed by atoms with Gasteiger partial charge in [-0.15, -0.1) is 0 Å². The van der Waals surface area contributed by atoms with Gasteiger partial charge in [0.1, 0.15) is 9.84 Å². The highest BCUT2D eigenvalue weighted by Crippen LogP contribution is 2.25. The molecule has 0 N–H and O–H groups in total. The van der Waals surface area contributed by atoms with Crippen molar-refractivity contribution in [1.29, 1.82) is 0 Å². The number of pyridine rings is 1. The van der Waals surface area contributed by atoms with Crippen LogP contribution >= 0.6 is 0 Å². The second-order valence-electron chi connectivity index (χ2n) is 6.41. The molecule has 1 aromatic heterocycles. The minimum atomic E-state index is -2.88. The Kier molecular flexibility index (Phi) is 4.31. The van der Waals surface area contributed by atoms with Crippen LogP contribution in [0.5, 0.6) is 0 Å². The molecule has 0 radical (unpaired) electrons. The van der Waals surface area contributed by atoms with Gasteiger partial charge in [-0.05, 0) is 68.8 Å². The van der Waals surface area contributed by atoms with Gasteiger partial charge in [-0.1, -0.05) is 0 Å². The smallest absolute Gasteiger partial charge is 0.150 e. The van der Waals surface area contributed by atoms with E-state index >= 15 is 0 Å². The van der Waals surface area contributed by atoms with Crippen LogP contribution in [0.2, 0.25) is 0 Å². The molecule has 1 fully saturated rings. The second kappa shape index (κ2) is 6.05. The summed E-state index contributed by atoms with van der Waals surface area (Å²) < 4.78 is 23.2. The highest BCUT2D eigenvalue weighted by Gasteiger charge is 2.27. The number of likely N-dealkylation sites (tertiary alicyclic amines) is 1. The van der Waals surface area contributed by atoms with Gasteiger partial charge in [0.05, 0.1) is 10.9 Å². The summed E-state index contributed by atoms with van der Waals surface area (Å²) >= 11 is 0. The zero-order valence-corrected chi connectivity index (χ0v) is 13.5. The summed E-state index contributed by atoms with van der Waals surface area (Å²) in [6.07, 6.45) is 9.70. The predicted octanol–water partition coefficient (Wildman–Crippen LogP) is 1.97. The lowest BCUT2D eigenvalue weighted by molar-refractivity contribution is 0.219. The summed E-state index contributed by atoms with van der Waals surface area (Å²) in [5, 5.41) is -0.147. The minimum absolute atomic E-state index is 0.147. The van der Waals surface area contributed by atoms with Crippen molar-refractivity contribution in [3.05, 3.63) is 29.1 Å². The summed E-state index contributed by atoms with van der Waals surface area (Å²) in [4.78, 5) is 6.95. The molecular formula is C16H24N2O2S. The van der Waals surface area contributed by atoms with Crippen molar-refractivity contribution in [3.8, 4) is 0 Å². The van der Waals surface area contributed by atoms with Crippen LogP contribution in [0.3, 0.4) is 0 Å². The first-order valence-corrected chi connectivity index (χ1v) is 9.86. The van der Waals surface area contributed by atoms with Gasteiger partial charge < -0.3 is 0 Å². The average Bonchev–Trinajstić information content (AvgIpc) is 2.47. The normalized spacial score (nSPS) is 21.2. The van der Waals surface area contributed by atoms with Gasteiger partial charge in [-0.25, -0.2) is 8.42 Å². The summed E-state index contributed by atoms with van der Waals surface area (Å²) in [5.41, 5.74) is 4.14. The molecule has 1 aliphatic heterocycles. The Labute approximate surface area is 127 Å². The van der Waals surface area contributed by atoms with Gasteiger partial charge in [0.2, 0.25) is 0 Å². The van der Waals surface area contributed by atoms with E-state index in [9.17, 15) is 8.42 Å². The molecule has 1 saturated heterocycles. The van der Waals surface area contributed by atoms with E-state index < -0.39 is 9.84 Å². The highest BCUT2D eigenvalue weighted by molar-refractivity contribution is 7.91. The van der Waals surface area contributed by atoms with E-state index in [-0.39, 0.29) is 5.25 Å². The Morgan fingerprint density at radius 2 is 1.95 bits per heavy atom. The van der Waals surface area contributed by atoms with Crippen LogP contribution in [0, 0.1) is 0 Å². The van der Waals surface area contributed by atoms with Crippen molar-refractivity contribution in [2.45, 2.75) is 50.3 Å². The van der Waals surface area contributed by atoms with E-state index in [0.717, 1.165) is 38.9 Å². The first-order valence-electron chi connectivity index (χ1n) is 7.91. The van der Waals surface area contributed by atoms with Crippen LogP contribution in [0.25, 0.3) is 0 Å². The predicted molar refractivity (Wildman–Crippen MR) is 84.0 cm³/mol. The molecule has 4 nitrogen and oxygen atoms in total. The molecule has 1 aromatic rings. The van der Waals surface area contributed by atoms with E-state index in [1.165, 1.54) is 42.3 Å². The van der Waals surface area contributed by atoms with Crippen molar-refractivity contribution in [2.24, 2.45) is 0 Å². The molecule has 0 spiro atoms. The molecular weight excluding hydrogens is 284 g/mol. The SMILES string of the molecule is CS(=O)(=O)C1CCN(Cc2nccc3c2CCCC3)CC1. The first kappa shape index (κ1) is 15.0. The maximum Gasteiger partial charge on any atom is 0.150 e. The number of aryl methyl sites for hydroxylation is 1. The molecule has 21 heavy (non-hydrogen) atoms. The lowest BCUT2D eigenvalue weighted by Gasteiger charge is -2.31. The topological polar surface area (TPSA) is 50.3 Å². The molecule has 1 aliphatic carbocycles. The molecule has 0 amide bonds. The van der Waals surface area contributed by atoms with Crippen LogP contribution in [-0.2, 0) is 29.2 Å². The van der Waals surface area contributed by atoms with E-state index in [4.69, 9.17) is 0 Å². The van der Waals surface area contributed by atoms with Crippen LogP contribution in [0.4, 0.5) is 0 Å². The molecule has 0 bridgehead atoms. The van der Waals surface area contributed by atoms with Crippen molar-refractivity contribution in [3.63, 3.8) is 0 Å². The molecule has 0 aromatic carbocycles. The molecule has 2 aliphatic rings. The van der Waals surface area contributed by atoms with Crippen LogP contribution in [-0.4, -0.2) is 42.9 Å². The number of piperidine rings is 1. The Hall–Kier alpha value is -0.940. The lowest BCUT2D eigenvalue weighted by atomic mass is 9.91. The van der Waals surface area contributed by atoms with Crippen molar-refractivity contribution >= 4 is 9.84 Å². The fourth-order valence-corrected chi connectivity index (χ4v) is 4.65. The van der Waals surface area contributed by atoms with Crippen molar-refractivity contribution in [2.75, 3.05) is 19.3 Å². The molecule has 3 rings (SSSR count). The molecule has 2 heterocycles. The monoisotopic (exact) mass is 308 g/mol. The zero-order valence-electron chi connectivity index (χ0n) is 12.7. The Balaban J connectivity index is 1.66. The van der Waals surface area contributed by atoms with Crippen molar-refractivity contribution in [1.82, 2.24) is 9.88 Å². The molecule has 0 unspecified atom stereocenters. The average molecular weight is 308 g/mol. The highest BCUT2D eigenvalue weighted by atomic mass is 32.2. The minimum Gasteiger partial charge on any atom is -0.297 e. The number of sulfone groups is 1. The summed E-state index contributed by atoms with van der Waals surface area (Å²) in [6.45, 7) is 2.60. The van der Waals surface area contributed by atoms with Gasteiger partial charge in [-0.2, -0.15) is 0 Å². The number of fused-ring (bicyclic) bond motifs is 1. The third-order valence-corrected chi connectivity index (χ3v) is 6.56. The largest absolute Gasteiger partial charge is 0.297 e. The fourth-order valence-electron chi connectivity index (χ4n) is 3.58. The van der Waals surface area contributed by atoms with E-state index in [1.807, 2.05) is 6.20 Å². The van der Waals surface area contributed by atoms with Gasteiger partial charge >= 0.3 is 0 Å².